The van der Waals surface area contributed by atoms with Gasteiger partial charge in [0.1, 0.15) is 0 Å². The van der Waals surface area contributed by atoms with E-state index in [-0.39, 0.29) is 0 Å². The zero-order valence-corrected chi connectivity index (χ0v) is 17.6. The first-order chi connectivity index (χ1) is 13.5. The lowest BCUT2D eigenvalue weighted by Gasteiger charge is -2.12. The molecule has 1 heteroatoms. The predicted octanol–water partition coefficient (Wildman–Crippen LogP) is 7.02. The number of rotatable bonds is 7. The van der Waals surface area contributed by atoms with Crippen LogP contribution in [0.3, 0.4) is 0 Å². The fourth-order valence-corrected chi connectivity index (χ4v) is 3.77. The van der Waals surface area contributed by atoms with Crippen LogP contribution in [0.15, 0.2) is 60.3 Å². The normalized spacial score (nSPS) is 11.9. The molecular formula is C27H31N. The van der Waals surface area contributed by atoms with E-state index < -0.39 is 0 Å². The molecule has 0 saturated carbocycles. The van der Waals surface area contributed by atoms with Gasteiger partial charge < -0.3 is 4.57 Å². The van der Waals surface area contributed by atoms with Crippen LogP contribution >= 0.6 is 0 Å². The first-order valence-electron chi connectivity index (χ1n) is 10.2. The molecule has 0 unspecified atom stereocenters. The highest BCUT2D eigenvalue weighted by atomic mass is 14.9. The molecule has 3 aromatic rings. The molecule has 0 aliphatic rings. The Morgan fingerprint density at radius 1 is 1.11 bits per heavy atom. The van der Waals surface area contributed by atoms with Crippen molar-refractivity contribution in [2.75, 3.05) is 0 Å². The monoisotopic (exact) mass is 369 g/mol. The van der Waals surface area contributed by atoms with Gasteiger partial charge in [-0.15, -0.1) is 12.3 Å². The molecule has 0 amide bonds. The van der Waals surface area contributed by atoms with Gasteiger partial charge in [0.2, 0.25) is 0 Å². The fraction of sp³-hybridized carbons (Fsp3) is 0.333. The molecule has 28 heavy (non-hydrogen) atoms. The Morgan fingerprint density at radius 2 is 1.86 bits per heavy atom. The Labute approximate surface area is 170 Å². The minimum atomic E-state index is 0.573. The van der Waals surface area contributed by atoms with Crippen molar-refractivity contribution < 1.29 is 0 Å². The van der Waals surface area contributed by atoms with Crippen LogP contribution in [-0.4, -0.2) is 4.57 Å². The number of aryl methyl sites for hydroxylation is 1. The molecule has 3 rings (SSSR count). The Kier molecular flexibility index (Phi) is 6.42. The van der Waals surface area contributed by atoms with E-state index in [4.69, 9.17) is 6.42 Å². The van der Waals surface area contributed by atoms with Crippen LogP contribution < -0.4 is 0 Å². The second kappa shape index (κ2) is 8.98. The molecule has 0 atom stereocenters. The topological polar surface area (TPSA) is 4.93 Å². The van der Waals surface area contributed by atoms with Crippen LogP contribution in [0.4, 0.5) is 0 Å². The van der Waals surface area contributed by atoms with Crippen molar-refractivity contribution in [1.82, 2.24) is 4.57 Å². The lowest BCUT2D eigenvalue weighted by molar-refractivity contribution is 0.828. The second-order valence-corrected chi connectivity index (χ2v) is 8.10. The van der Waals surface area contributed by atoms with Gasteiger partial charge in [0, 0.05) is 30.1 Å². The van der Waals surface area contributed by atoms with E-state index >= 15 is 0 Å². The SMILES string of the molecule is C#CCC/C=C(/C)Cc1c(C)ccc2c1ccn2Cc1ccc(C(C)C)cc1. The van der Waals surface area contributed by atoms with Gasteiger partial charge >= 0.3 is 0 Å². The van der Waals surface area contributed by atoms with Crippen molar-refractivity contribution in [3.63, 3.8) is 0 Å². The molecule has 1 nitrogen and oxygen atoms in total. The highest BCUT2D eigenvalue weighted by Crippen LogP contribution is 2.27. The van der Waals surface area contributed by atoms with Crippen molar-refractivity contribution in [1.29, 1.82) is 0 Å². The summed E-state index contributed by atoms with van der Waals surface area (Å²) in [6, 6.07) is 15.8. The number of fused-ring (bicyclic) bond motifs is 1. The van der Waals surface area contributed by atoms with E-state index in [9.17, 15) is 0 Å². The molecule has 0 radical (unpaired) electrons. The van der Waals surface area contributed by atoms with Crippen molar-refractivity contribution >= 4 is 10.9 Å². The smallest absolute Gasteiger partial charge is 0.0486 e. The van der Waals surface area contributed by atoms with Gasteiger partial charge in [0.15, 0.2) is 0 Å². The van der Waals surface area contributed by atoms with Crippen LogP contribution in [-0.2, 0) is 13.0 Å². The number of hydrogen-bond donors (Lipinski definition) is 0. The summed E-state index contributed by atoms with van der Waals surface area (Å²) >= 11 is 0. The molecule has 0 aliphatic carbocycles. The quantitative estimate of drug-likeness (QED) is 0.239. The maximum atomic E-state index is 5.37. The van der Waals surface area contributed by atoms with Crippen molar-refractivity contribution in [2.45, 2.75) is 59.4 Å². The summed E-state index contributed by atoms with van der Waals surface area (Å²) in [4.78, 5) is 0. The number of terminal acetylenes is 1. The summed E-state index contributed by atoms with van der Waals surface area (Å²) in [5, 5.41) is 1.36. The molecule has 144 valence electrons. The summed E-state index contributed by atoms with van der Waals surface area (Å²) in [7, 11) is 0. The zero-order valence-electron chi connectivity index (χ0n) is 17.6. The molecule has 0 fully saturated rings. The van der Waals surface area contributed by atoms with E-state index in [1.165, 1.54) is 38.7 Å². The number of nitrogens with zero attached hydrogens (tertiary/aromatic N) is 1. The van der Waals surface area contributed by atoms with Crippen LogP contribution in [0.25, 0.3) is 10.9 Å². The predicted molar refractivity (Wildman–Crippen MR) is 122 cm³/mol. The summed E-state index contributed by atoms with van der Waals surface area (Å²) in [5.74, 6) is 3.29. The maximum absolute atomic E-state index is 5.37. The third-order valence-electron chi connectivity index (χ3n) is 5.54. The fourth-order valence-electron chi connectivity index (χ4n) is 3.77. The van der Waals surface area contributed by atoms with Crippen LogP contribution in [0.2, 0.25) is 0 Å². The Bertz CT molecular complexity index is 1010. The molecule has 0 N–H and O–H groups in total. The van der Waals surface area contributed by atoms with Crippen molar-refractivity contribution in [3.05, 3.63) is 82.6 Å². The Morgan fingerprint density at radius 3 is 2.54 bits per heavy atom. The van der Waals surface area contributed by atoms with Gasteiger partial charge in [-0.25, -0.2) is 0 Å². The molecular weight excluding hydrogens is 338 g/mol. The molecule has 0 aliphatic heterocycles. The molecule has 0 bridgehead atoms. The van der Waals surface area contributed by atoms with E-state index in [0.29, 0.717) is 5.92 Å². The largest absolute Gasteiger partial charge is 0.343 e. The Balaban J connectivity index is 1.86. The summed E-state index contributed by atoms with van der Waals surface area (Å²) in [6.45, 7) is 9.80. The maximum Gasteiger partial charge on any atom is 0.0486 e. The van der Waals surface area contributed by atoms with Crippen LogP contribution in [0, 0.1) is 19.3 Å². The second-order valence-electron chi connectivity index (χ2n) is 8.10. The zero-order chi connectivity index (χ0) is 20.1. The van der Waals surface area contributed by atoms with E-state index in [0.717, 1.165) is 25.8 Å². The average Bonchev–Trinajstić information content (AvgIpc) is 3.07. The molecule has 1 heterocycles. The first kappa shape index (κ1) is 20.0. The van der Waals surface area contributed by atoms with Gasteiger partial charge in [0.25, 0.3) is 0 Å². The van der Waals surface area contributed by atoms with Gasteiger partial charge in [-0.3, -0.25) is 0 Å². The molecule has 1 aromatic heterocycles. The lowest BCUT2D eigenvalue weighted by atomic mass is 9.97. The molecule has 0 spiro atoms. The summed E-state index contributed by atoms with van der Waals surface area (Å²) in [6.07, 6.45) is 12.6. The van der Waals surface area contributed by atoms with Gasteiger partial charge in [0.05, 0.1) is 0 Å². The Hall–Kier alpha value is -2.72. The van der Waals surface area contributed by atoms with Gasteiger partial charge in [-0.1, -0.05) is 55.8 Å². The first-order valence-corrected chi connectivity index (χ1v) is 10.2. The highest BCUT2D eigenvalue weighted by molar-refractivity contribution is 5.85. The van der Waals surface area contributed by atoms with Gasteiger partial charge in [-0.05, 0) is 67.0 Å². The average molecular weight is 370 g/mol. The standard InChI is InChI=1S/C27H31N/c1-6-7-8-9-21(4)18-26-22(5)10-15-27-25(26)16-17-28(27)19-23-11-13-24(14-12-23)20(2)3/h1,9-17,20H,7-8,18-19H2,2-5H3/b21-9-. The van der Waals surface area contributed by atoms with Crippen LogP contribution in [0.1, 0.15) is 61.8 Å². The van der Waals surface area contributed by atoms with Gasteiger partial charge in [-0.2, -0.15) is 0 Å². The number of allylic oxidation sites excluding steroid dienone is 2. The minimum absolute atomic E-state index is 0.573. The number of aromatic nitrogens is 1. The van der Waals surface area contributed by atoms with Crippen molar-refractivity contribution in [2.24, 2.45) is 0 Å². The minimum Gasteiger partial charge on any atom is -0.343 e. The summed E-state index contributed by atoms with van der Waals surface area (Å²) < 4.78 is 2.36. The third kappa shape index (κ3) is 4.57. The van der Waals surface area contributed by atoms with Crippen LogP contribution in [0.5, 0.6) is 0 Å². The summed E-state index contributed by atoms with van der Waals surface area (Å²) in [5.41, 5.74) is 8.23. The highest BCUT2D eigenvalue weighted by Gasteiger charge is 2.10. The molecule has 2 aromatic carbocycles. The third-order valence-corrected chi connectivity index (χ3v) is 5.54. The lowest BCUT2D eigenvalue weighted by Crippen LogP contribution is -1.99. The van der Waals surface area contributed by atoms with E-state index in [1.807, 2.05) is 0 Å². The van der Waals surface area contributed by atoms with E-state index in [1.54, 1.807) is 0 Å². The molecule has 0 saturated heterocycles. The number of benzene rings is 2. The number of hydrogen-bond acceptors (Lipinski definition) is 0. The number of unbranched alkanes of at least 4 members (excludes halogenated alkanes) is 1. The van der Waals surface area contributed by atoms with E-state index in [2.05, 4.69) is 92.9 Å². The van der Waals surface area contributed by atoms with Crippen molar-refractivity contribution in [3.8, 4) is 12.3 Å².